The average molecular weight is 347 g/mol. The summed E-state index contributed by atoms with van der Waals surface area (Å²) in [5, 5.41) is 8.85. The number of nitrogens with zero attached hydrogens (tertiary/aromatic N) is 1. The fourth-order valence-corrected chi connectivity index (χ4v) is 3.79. The predicted molar refractivity (Wildman–Crippen MR) is 84.0 cm³/mol. The maximum atomic E-state index is 12.8. The lowest BCUT2D eigenvalue weighted by molar-refractivity contribution is -0.137. The van der Waals surface area contributed by atoms with E-state index < -0.39 is 11.7 Å². The predicted octanol–water partition coefficient (Wildman–Crippen LogP) is 3.31. The number of carbonyl (C=O) groups excluding carboxylic acids is 1. The smallest absolute Gasteiger partial charge is 0.395 e. The molecule has 128 valence electrons. The minimum atomic E-state index is -4.38. The monoisotopic (exact) mass is 347 g/mol. The van der Waals surface area contributed by atoms with Crippen molar-refractivity contribution in [2.45, 2.75) is 43.0 Å². The standard InChI is InChI=1S/C16H20F3NO2S/c1-11(10-21)23-14-6-3-7-20(15(14)22)9-12-4-2-5-13(8-12)16(17,18)19/h2,4-5,8,11,14,21H,3,6-7,9-10H2,1H3/t11-,14+/m0/s1. The molecule has 23 heavy (non-hydrogen) atoms. The van der Waals surface area contributed by atoms with E-state index in [2.05, 4.69) is 0 Å². The SMILES string of the molecule is C[C@@H](CO)S[C@@H]1CCCN(Cc2cccc(C(F)(F)F)c2)C1=O. The normalized spacial score (nSPS) is 20.7. The van der Waals surface area contributed by atoms with Crippen molar-refractivity contribution >= 4 is 17.7 Å². The molecule has 1 fully saturated rings. The number of hydrogen-bond acceptors (Lipinski definition) is 3. The third-order valence-electron chi connectivity index (χ3n) is 3.76. The van der Waals surface area contributed by atoms with Gasteiger partial charge in [-0.15, -0.1) is 11.8 Å². The number of rotatable bonds is 5. The summed E-state index contributed by atoms with van der Waals surface area (Å²) in [5.74, 6) is -0.0565. The van der Waals surface area contributed by atoms with E-state index in [0.29, 0.717) is 12.1 Å². The first kappa shape index (κ1) is 18.1. The molecule has 0 aliphatic carbocycles. The van der Waals surface area contributed by atoms with Gasteiger partial charge in [-0.1, -0.05) is 19.1 Å². The highest BCUT2D eigenvalue weighted by molar-refractivity contribution is 8.01. The van der Waals surface area contributed by atoms with E-state index in [1.54, 1.807) is 11.0 Å². The van der Waals surface area contributed by atoms with Crippen LogP contribution in [0.15, 0.2) is 24.3 Å². The molecule has 2 atom stereocenters. The van der Waals surface area contributed by atoms with E-state index >= 15 is 0 Å². The van der Waals surface area contributed by atoms with Gasteiger partial charge in [-0.2, -0.15) is 13.2 Å². The fourth-order valence-electron chi connectivity index (χ4n) is 2.58. The van der Waals surface area contributed by atoms with Crippen molar-refractivity contribution in [2.75, 3.05) is 13.2 Å². The van der Waals surface area contributed by atoms with Crippen LogP contribution in [-0.2, 0) is 17.5 Å². The zero-order valence-electron chi connectivity index (χ0n) is 12.8. The number of thioether (sulfide) groups is 1. The zero-order valence-corrected chi connectivity index (χ0v) is 13.7. The molecule has 0 bridgehead atoms. The molecule has 0 radical (unpaired) electrons. The first-order valence-electron chi connectivity index (χ1n) is 7.52. The molecule has 0 spiro atoms. The van der Waals surface area contributed by atoms with Crippen molar-refractivity contribution in [1.82, 2.24) is 4.90 Å². The summed E-state index contributed by atoms with van der Waals surface area (Å²) < 4.78 is 38.3. The fraction of sp³-hybridized carbons (Fsp3) is 0.562. The van der Waals surface area contributed by atoms with Gasteiger partial charge in [0.05, 0.1) is 17.4 Å². The molecule has 0 aromatic heterocycles. The van der Waals surface area contributed by atoms with Gasteiger partial charge in [-0.25, -0.2) is 0 Å². The second-order valence-electron chi connectivity index (χ2n) is 5.72. The van der Waals surface area contributed by atoms with Crippen LogP contribution in [0.5, 0.6) is 0 Å². The molecule has 3 nitrogen and oxygen atoms in total. The zero-order chi connectivity index (χ0) is 17.0. The highest BCUT2D eigenvalue weighted by Crippen LogP contribution is 2.31. The van der Waals surface area contributed by atoms with Gasteiger partial charge in [0.25, 0.3) is 0 Å². The maximum absolute atomic E-state index is 12.8. The highest BCUT2D eigenvalue weighted by atomic mass is 32.2. The van der Waals surface area contributed by atoms with Crippen LogP contribution in [0, 0.1) is 0 Å². The Morgan fingerprint density at radius 3 is 2.83 bits per heavy atom. The Kier molecular flexibility index (Phi) is 5.97. The lowest BCUT2D eigenvalue weighted by Crippen LogP contribution is -2.43. The molecule has 1 aromatic carbocycles. The van der Waals surface area contributed by atoms with Crippen LogP contribution in [0.3, 0.4) is 0 Å². The molecule has 2 rings (SSSR count). The third kappa shape index (κ3) is 4.88. The van der Waals surface area contributed by atoms with E-state index in [4.69, 9.17) is 5.11 Å². The first-order valence-corrected chi connectivity index (χ1v) is 8.47. The van der Waals surface area contributed by atoms with Gasteiger partial charge in [0.2, 0.25) is 5.91 Å². The average Bonchev–Trinajstić information content (AvgIpc) is 2.50. The van der Waals surface area contributed by atoms with Crippen LogP contribution in [0.4, 0.5) is 13.2 Å². The van der Waals surface area contributed by atoms with E-state index in [1.165, 1.54) is 17.8 Å². The largest absolute Gasteiger partial charge is 0.416 e. The van der Waals surface area contributed by atoms with E-state index in [0.717, 1.165) is 25.0 Å². The summed E-state index contributed by atoms with van der Waals surface area (Å²) in [6.45, 7) is 2.60. The Morgan fingerprint density at radius 1 is 1.43 bits per heavy atom. The van der Waals surface area contributed by atoms with Crippen molar-refractivity contribution in [3.63, 3.8) is 0 Å². The molecular weight excluding hydrogens is 327 g/mol. The van der Waals surface area contributed by atoms with Crippen molar-refractivity contribution < 1.29 is 23.1 Å². The summed E-state index contributed by atoms with van der Waals surface area (Å²) in [5.41, 5.74) is -0.215. The molecule has 0 saturated carbocycles. The molecule has 1 N–H and O–H groups in total. The summed E-state index contributed by atoms with van der Waals surface area (Å²) in [6.07, 6.45) is -2.82. The van der Waals surface area contributed by atoms with Crippen LogP contribution in [0.2, 0.25) is 0 Å². The number of halogens is 3. The molecule has 1 saturated heterocycles. The van der Waals surface area contributed by atoms with Gasteiger partial charge < -0.3 is 10.0 Å². The number of likely N-dealkylation sites (tertiary alicyclic amines) is 1. The van der Waals surface area contributed by atoms with Crippen molar-refractivity contribution in [3.05, 3.63) is 35.4 Å². The summed E-state index contributed by atoms with van der Waals surface area (Å²) in [4.78, 5) is 14.1. The number of benzene rings is 1. The Balaban J connectivity index is 2.06. The summed E-state index contributed by atoms with van der Waals surface area (Å²) >= 11 is 1.43. The van der Waals surface area contributed by atoms with Crippen LogP contribution >= 0.6 is 11.8 Å². The van der Waals surface area contributed by atoms with Gasteiger partial charge in [0, 0.05) is 18.3 Å². The van der Waals surface area contributed by atoms with Gasteiger partial charge in [0.15, 0.2) is 0 Å². The van der Waals surface area contributed by atoms with Crippen LogP contribution in [0.1, 0.15) is 30.9 Å². The van der Waals surface area contributed by atoms with Crippen molar-refractivity contribution in [2.24, 2.45) is 0 Å². The number of aliphatic hydroxyl groups excluding tert-OH is 1. The summed E-state index contributed by atoms with van der Waals surface area (Å²) in [6, 6.07) is 5.10. The topological polar surface area (TPSA) is 40.5 Å². The highest BCUT2D eigenvalue weighted by Gasteiger charge is 2.32. The Labute approximate surface area is 137 Å². The van der Waals surface area contributed by atoms with Crippen LogP contribution in [0.25, 0.3) is 0 Å². The van der Waals surface area contributed by atoms with E-state index in [9.17, 15) is 18.0 Å². The third-order valence-corrected chi connectivity index (χ3v) is 5.14. The number of hydrogen-bond donors (Lipinski definition) is 1. The number of carbonyl (C=O) groups is 1. The molecule has 7 heteroatoms. The van der Waals surface area contributed by atoms with Gasteiger partial charge in [-0.05, 0) is 30.5 Å². The van der Waals surface area contributed by atoms with Crippen molar-refractivity contribution in [1.29, 1.82) is 0 Å². The molecule has 1 aliphatic rings. The molecule has 1 aliphatic heterocycles. The number of aliphatic hydroxyl groups is 1. The number of amides is 1. The Bertz CT molecular complexity index is 550. The minimum absolute atomic E-state index is 0.00206. The number of piperidine rings is 1. The molecular formula is C16H20F3NO2S. The first-order chi connectivity index (χ1) is 10.8. The van der Waals surface area contributed by atoms with Crippen LogP contribution in [-0.4, -0.2) is 39.6 Å². The van der Waals surface area contributed by atoms with E-state index in [1.807, 2.05) is 6.92 Å². The van der Waals surface area contributed by atoms with Crippen LogP contribution < -0.4 is 0 Å². The van der Waals surface area contributed by atoms with E-state index in [-0.39, 0.29) is 29.6 Å². The summed E-state index contributed by atoms with van der Waals surface area (Å²) in [7, 11) is 0. The minimum Gasteiger partial charge on any atom is -0.395 e. The lowest BCUT2D eigenvalue weighted by atomic mass is 10.1. The number of alkyl halides is 3. The lowest BCUT2D eigenvalue weighted by Gasteiger charge is -2.33. The molecule has 1 heterocycles. The molecule has 1 amide bonds. The quantitative estimate of drug-likeness (QED) is 0.888. The Hall–Kier alpha value is -1.21. The van der Waals surface area contributed by atoms with Gasteiger partial charge in [0.1, 0.15) is 0 Å². The van der Waals surface area contributed by atoms with Gasteiger partial charge in [-0.3, -0.25) is 4.79 Å². The molecule has 0 unspecified atom stereocenters. The molecule has 1 aromatic rings. The Morgan fingerprint density at radius 2 is 2.17 bits per heavy atom. The van der Waals surface area contributed by atoms with Crippen molar-refractivity contribution in [3.8, 4) is 0 Å². The second kappa shape index (κ2) is 7.57. The maximum Gasteiger partial charge on any atom is 0.416 e. The van der Waals surface area contributed by atoms with Gasteiger partial charge >= 0.3 is 6.18 Å². The second-order valence-corrected chi connectivity index (χ2v) is 7.36.